The van der Waals surface area contributed by atoms with Gasteiger partial charge in [0, 0.05) is 30.1 Å². The average Bonchev–Trinajstić information content (AvgIpc) is 3.27. The molecule has 21 heavy (non-hydrogen) atoms. The standard InChI is InChI=1S/C17H23ClN2O/c1-19(2)12-6-5-9-20(11-12)17(21)15-10-14(15)13-7-3-4-8-16(13)18/h3-4,7-8,12,14-15H,5-6,9-11H2,1-2H3/t12-,14-,15+/m1/s1. The van der Waals surface area contributed by atoms with Gasteiger partial charge in [-0.2, -0.15) is 0 Å². The highest BCUT2D eigenvalue weighted by Gasteiger charge is 2.47. The molecule has 4 heteroatoms. The second kappa shape index (κ2) is 5.98. The molecule has 3 atom stereocenters. The number of nitrogens with zero attached hydrogens (tertiary/aromatic N) is 2. The first-order chi connectivity index (χ1) is 10.1. The molecular weight excluding hydrogens is 284 g/mol. The Balaban J connectivity index is 1.64. The molecule has 3 nitrogen and oxygen atoms in total. The summed E-state index contributed by atoms with van der Waals surface area (Å²) >= 11 is 6.25. The van der Waals surface area contributed by atoms with Gasteiger partial charge < -0.3 is 9.80 Å². The Bertz CT molecular complexity index is 531. The van der Waals surface area contributed by atoms with Crippen LogP contribution < -0.4 is 0 Å². The zero-order chi connectivity index (χ0) is 15.0. The van der Waals surface area contributed by atoms with Crippen molar-refractivity contribution in [2.75, 3.05) is 27.2 Å². The first-order valence-electron chi connectivity index (χ1n) is 7.77. The maximum atomic E-state index is 12.7. The van der Waals surface area contributed by atoms with E-state index in [0.29, 0.717) is 17.9 Å². The molecular formula is C17H23ClN2O. The zero-order valence-electron chi connectivity index (χ0n) is 12.8. The second-order valence-electron chi connectivity index (χ2n) is 6.51. The molecule has 0 spiro atoms. The van der Waals surface area contributed by atoms with Crippen LogP contribution in [0.25, 0.3) is 0 Å². The first kappa shape index (κ1) is 14.9. The molecule has 0 aromatic heterocycles. The second-order valence-corrected chi connectivity index (χ2v) is 6.92. The predicted molar refractivity (Wildman–Crippen MR) is 85.6 cm³/mol. The van der Waals surface area contributed by atoms with E-state index >= 15 is 0 Å². The summed E-state index contributed by atoms with van der Waals surface area (Å²) in [6, 6.07) is 8.42. The molecule has 1 aliphatic heterocycles. The number of likely N-dealkylation sites (N-methyl/N-ethyl adjacent to an activating group) is 1. The number of benzene rings is 1. The SMILES string of the molecule is CN(C)[C@@H]1CCCN(C(=O)[C@H]2C[C@@H]2c2ccccc2Cl)C1. The minimum Gasteiger partial charge on any atom is -0.341 e. The number of hydrogen-bond acceptors (Lipinski definition) is 2. The Kier molecular flexibility index (Phi) is 4.23. The van der Waals surface area contributed by atoms with E-state index in [4.69, 9.17) is 11.6 Å². The fourth-order valence-electron chi connectivity index (χ4n) is 3.40. The topological polar surface area (TPSA) is 23.6 Å². The van der Waals surface area contributed by atoms with Crippen LogP contribution >= 0.6 is 11.6 Å². The minimum absolute atomic E-state index is 0.144. The molecule has 1 saturated heterocycles. The summed E-state index contributed by atoms with van der Waals surface area (Å²) in [4.78, 5) is 17.0. The molecule has 1 aromatic rings. The molecule has 0 radical (unpaired) electrons. The Morgan fingerprint density at radius 1 is 1.33 bits per heavy atom. The minimum atomic E-state index is 0.144. The fraction of sp³-hybridized carbons (Fsp3) is 0.588. The summed E-state index contributed by atoms with van der Waals surface area (Å²) in [5.74, 6) is 0.795. The van der Waals surface area contributed by atoms with Gasteiger partial charge in [-0.05, 0) is 50.9 Å². The molecule has 2 fully saturated rings. The van der Waals surface area contributed by atoms with Crippen LogP contribution in [0.15, 0.2) is 24.3 Å². The maximum Gasteiger partial charge on any atom is 0.226 e. The quantitative estimate of drug-likeness (QED) is 0.857. The molecule has 1 saturated carbocycles. The Labute approximate surface area is 131 Å². The van der Waals surface area contributed by atoms with Gasteiger partial charge in [0.15, 0.2) is 0 Å². The van der Waals surface area contributed by atoms with Crippen molar-refractivity contribution in [2.45, 2.75) is 31.2 Å². The summed E-state index contributed by atoms with van der Waals surface area (Å²) in [5.41, 5.74) is 1.14. The van der Waals surface area contributed by atoms with Gasteiger partial charge in [0.1, 0.15) is 0 Å². The van der Waals surface area contributed by atoms with E-state index in [2.05, 4.69) is 30.0 Å². The van der Waals surface area contributed by atoms with E-state index in [0.717, 1.165) is 36.5 Å². The molecule has 1 aromatic carbocycles. The lowest BCUT2D eigenvalue weighted by molar-refractivity contribution is -0.134. The molecule has 2 aliphatic rings. The van der Waals surface area contributed by atoms with Crippen molar-refractivity contribution in [2.24, 2.45) is 5.92 Å². The highest BCUT2D eigenvalue weighted by molar-refractivity contribution is 6.31. The normalized spacial score (nSPS) is 28.8. The fourth-order valence-corrected chi connectivity index (χ4v) is 3.67. The van der Waals surface area contributed by atoms with Crippen molar-refractivity contribution in [1.82, 2.24) is 9.80 Å². The van der Waals surface area contributed by atoms with Gasteiger partial charge in [0.05, 0.1) is 0 Å². The lowest BCUT2D eigenvalue weighted by Crippen LogP contribution is -2.48. The number of likely N-dealkylation sites (tertiary alicyclic amines) is 1. The summed E-state index contributed by atoms with van der Waals surface area (Å²) in [6.45, 7) is 1.78. The van der Waals surface area contributed by atoms with E-state index in [9.17, 15) is 4.79 Å². The molecule has 0 unspecified atom stereocenters. The summed E-state index contributed by atoms with van der Waals surface area (Å²) in [7, 11) is 4.20. The van der Waals surface area contributed by atoms with Gasteiger partial charge in [-0.1, -0.05) is 29.8 Å². The molecule has 114 valence electrons. The van der Waals surface area contributed by atoms with Crippen molar-refractivity contribution in [3.8, 4) is 0 Å². The van der Waals surface area contributed by atoms with Gasteiger partial charge >= 0.3 is 0 Å². The summed E-state index contributed by atoms with van der Waals surface area (Å²) in [5, 5.41) is 0.794. The van der Waals surface area contributed by atoms with Crippen LogP contribution in [0.5, 0.6) is 0 Å². The van der Waals surface area contributed by atoms with Crippen molar-refractivity contribution in [1.29, 1.82) is 0 Å². The van der Waals surface area contributed by atoms with Crippen molar-refractivity contribution < 1.29 is 4.79 Å². The number of carbonyl (C=O) groups is 1. The molecule has 1 heterocycles. The molecule has 1 aliphatic carbocycles. The number of halogens is 1. The van der Waals surface area contributed by atoms with Crippen LogP contribution in [0, 0.1) is 5.92 Å². The number of rotatable bonds is 3. The Morgan fingerprint density at radius 2 is 2.10 bits per heavy atom. The lowest BCUT2D eigenvalue weighted by Gasteiger charge is -2.36. The number of carbonyl (C=O) groups excluding carboxylic acids is 1. The van der Waals surface area contributed by atoms with Crippen LogP contribution in [0.3, 0.4) is 0 Å². The highest BCUT2D eigenvalue weighted by Crippen LogP contribution is 2.50. The van der Waals surface area contributed by atoms with Crippen LogP contribution in [-0.4, -0.2) is 48.9 Å². The number of hydrogen-bond donors (Lipinski definition) is 0. The Hall–Kier alpha value is -1.06. The van der Waals surface area contributed by atoms with Crippen LogP contribution in [0.1, 0.15) is 30.7 Å². The maximum absolute atomic E-state index is 12.7. The molecule has 0 N–H and O–H groups in total. The van der Waals surface area contributed by atoms with Crippen LogP contribution in [0.2, 0.25) is 5.02 Å². The highest BCUT2D eigenvalue weighted by atomic mass is 35.5. The summed E-state index contributed by atoms with van der Waals surface area (Å²) in [6.07, 6.45) is 3.25. The van der Waals surface area contributed by atoms with Crippen molar-refractivity contribution >= 4 is 17.5 Å². The van der Waals surface area contributed by atoms with E-state index in [1.54, 1.807) is 0 Å². The third-order valence-corrected chi connectivity index (χ3v) is 5.20. The molecule has 0 bridgehead atoms. The van der Waals surface area contributed by atoms with E-state index < -0.39 is 0 Å². The predicted octanol–water partition coefficient (Wildman–Crippen LogP) is 3.00. The monoisotopic (exact) mass is 306 g/mol. The van der Waals surface area contributed by atoms with Crippen molar-refractivity contribution in [3.63, 3.8) is 0 Å². The van der Waals surface area contributed by atoms with Gasteiger partial charge in [0.25, 0.3) is 0 Å². The average molecular weight is 307 g/mol. The van der Waals surface area contributed by atoms with E-state index in [-0.39, 0.29) is 5.92 Å². The molecule has 3 rings (SSSR count). The van der Waals surface area contributed by atoms with Crippen LogP contribution in [0.4, 0.5) is 0 Å². The third-order valence-electron chi connectivity index (χ3n) is 4.85. The van der Waals surface area contributed by atoms with Gasteiger partial charge in [-0.3, -0.25) is 4.79 Å². The van der Waals surface area contributed by atoms with E-state index in [1.165, 1.54) is 6.42 Å². The summed E-state index contributed by atoms with van der Waals surface area (Å²) < 4.78 is 0. The largest absolute Gasteiger partial charge is 0.341 e. The van der Waals surface area contributed by atoms with E-state index in [1.807, 2.05) is 18.2 Å². The number of amides is 1. The lowest BCUT2D eigenvalue weighted by atomic mass is 10.0. The third kappa shape index (κ3) is 3.09. The Morgan fingerprint density at radius 3 is 2.81 bits per heavy atom. The van der Waals surface area contributed by atoms with Crippen molar-refractivity contribution in [3.05, 3.63) is 34.9 Å². The van der Waals surface area contributed by atoms with Gasteiger partial charge in [-0.25, -0.2) is 0 Å². The van der Waals surface area contributed by atoms with Gasteiger partial charge in [0.2, 0.25) is 5.91 Å². The molecule has 1 amide bonds. The van der Waals surface area contributed by atoms with Crippen LogP contribution in [-0.2, 0) is 4.79 Å². The number of piperidine rings is 1. The smallest absolute Gasteiger partial charge is 0.226 e. The first-order valence-corrected chi connectivity index (χ1v) is 8.15. The van der Waals surface area contributed by atoms with Gasteiger partial charge in [-0.15, -0.1) is 0 Å². The zero-order valence-corrected chi connectivity index (χ0v) is 13.5.